The van der Waals surface area contributed by atoms with Crippen molar-refractivity contribution < 1.29 is 13.6 Å². The Labute approximate surface area is 129 Å². The lowest BCUT2D eigenvalue weighted by atomic mass is 9.99. The van der Waals surface area contributed by atoms with Crippen molar-refractivity contribution in [3.8, 4) is 0 Å². The number of benzene rings is 1. The van der Waals surface area contributed by atoms with E-state index in [2.05, 4.69) is 10.6 Å². The zero-order chi connectivity index (χ0) is 14.5. The van der Waals surface area contributed by atoms with Crippen molar-refractivity contribution in [3.05, 3.63) is 35.4 Å². The lowest BCUT2D eigenvalue weighted by Gasteiger charge is -2.23. The van der Waals surface area contributed by atoms with Gasteiger partial charge in [0.2, 0.25) is 5.91 Å². The molecule has 2 rings (SSSR count). The lowest BCUT2D eigenvalue weighted by molar-refractivity contribution is -0.123. The maximum atomic E-state index is 13.6. The van der Waals surface area contributed by atoms with E-state index in [0.717, 1.165) is 31.9 Å². The van der Waals surface area contributed by atoms with Crippen LogP contribution in [0, 0.1) is 11.6 Å². The van der Waals surface area contributed by atoms with Crippen molar-refractivity contribution in [2.75, 3.05) is 13.1 Å². The molecule has 1 fully saturated rings. The predicted molar refractivity (Wildman–Crippen MR) is 80.7 cm³/mol. The van der Waals surface area contributed by atoms with Gasteiger partial charge >= 0.3 is 0 Å². The summed E-state index contributed by atoms with van der Waals surface area (Å²) in [6.45, 7) is 3.02. The van der Waals surface area contributed by atoms with Crippen molar-refractivity contribution in [1.82, 2.24) is 10.6 Å². The summed E-state index contributed by atoms with van der Waals surface area (Å²) < 4.78 is 26.5. The summed E-state index contributed by atoms with van der Waals surface area (Å²) in [4.78, 5) is 11.9. The van der Waals surface area contributed by atoms with E-state index in [0.29, 0.717) is 12.1 Å². The van der Waals surface area contributed by atoms with Gasteiger partial charge in [0.1, 0.15) is 11.6 Å². The first-order valence-corrected chi connectivity index (χ1v) is 7.04. The number of rotatable bonds is 4. The van der Waals surface area contributed by atoms with E-state index in [4.69, 9.17) is 0 Å². The molecule has 1 aromatic carbocycles. The molecule has 1 aliphatic heterocycles. The fourth-order valence-corrected chi connectivity index (χ4v) is 2.46. The third kappa shape index (κ3) is 4.93. The number of amides is 1. The van der Waals surface area contributed by atoms with Crippen LogP contribution in [0.15, 0.2) is 18.2 Å². The molecule has 2 atom stereocenters. The molecule has 2 N–H and O–H groups in total. The highest BCUT2D eigenvalue weighted by Crippen LogP contribution is 2.19. The Balaban J connectivity index is 0.00000220. The zero-order valence-corrected chi connectivity index (χ0v) is 12.8. The first kappa shape index (κ1) is 17.9. The Morgan fingerprint density at radius 2 is 2.19 bits per heavy atom. The standard InChI is InChI=1S/C15H20F2N2O.ClH/c1-10(12-6-5-11(16)8-13(12)17)9-19-15(20)14-4-2-3-7-18-14;/h5-6,8,10,14,18H,2-4,7,9H2,1H3,(H,19,20);1H/t10?,14-;/m0./s1. The highest BCUT2D eigenvalue weighted by molar-refractivity contribution is 5.85. The van der Waals surface area contributed by atoms with Crippen molar-refractivity contribution in [1.29, 1.82) is 0 Å². The lowest BCUT2D eigenvalue weighted by Crippen LogP contribution is -2.47. The van der Waals surface area contributed by atoms with Gasteiger partial charge in [-0.25, -0.2) is 8.78 Å². The van der Waals surface area contributed by atoms with E-state index in [1.807, 2.05) is 6.92 Å². The summed E-state index contributed by atoms with van der Waals surface area (Å²) in [5.41, 5.74) is 0.420. The minimum Gasteiger partial charge on any atom is -0.354 e. The maximum Gasteiger partial charge on any atom is 0.237 e. The first-order chi connectivity index (χ1) is 9.58. The van der Waals surface area contributed by atoms with Crippen molar-refractivity contribution in [2.24, 2.45) is 0 Å². The molecule has 1 aromatic rings. The fraction of sp³-hybridized carbons (Fsp3) is 0.533. The third-order valence-corrected chi connectivity index (χ3v) is 3.70. The summed E-state index contributed by atoms with van der Waals surface area (Å²) in [6.07, 6.45) is 2.99. The molecule has 21 heavy (non-hydrogen) atoms. The average Bonchev–Trinajstić information content (AvgIpc) is 2.45. The summed E-state index contributed by atoms with van der Waals surface area (Å²) in [7, 11) is 0. The number of hydrogen-bond donors (Lipinski definition) is 2. The van der Waals surface area contributed by atoms with Crippen molar-refractivity contribution in [2.45, 2.75) is 38.1 Å². The third-order valence-electron chi connectivity index (χ3n) is 3.70. The number of hydrogen-bond acceptors (Lipinski definition) is 2. The highest BCUT2D eigenvalue weighted by atomic mass is 35.5. The van der Waals surface area contributed by atoms with Gasteiger partial charge in [-0.05, 0) is 31.0 Å². The predicted octanol–water partition coefficient (Wildman–Crippen LogP) is 2.75. The van der Waals surface area contributed by atoms with Gasteiger partial charge in [-0.15, -0.1) is 12.4 Å². The fourth-order valence-electron chi connectivity index (χ4n) is 2.46. The molecular formula is C15H21ClF2N2O. The van der Waals surface area contributed by atoms with E-state index in [1.54, 1.807) is 0 Å². The van der Waals surface area contributed by atoms with Gasteiger partial charge < -0.3 is 10.6 Å². The Morgan fingerprint density at radius 3 is 2.81 bits per heavy atom. The molecule has 0 aliphatic carbocycles. The minimum atomic E-state index is -0.589. The second-order valence-electron chi connectivity index (χ2n) is 5.31. The van der Waals surface area contributed by atoms with Crippen LogP contribution in [0.3, 0.4) is 0 Å². The molecule has 6 heteroatoms. The van der Waals surface area contributed by atoms with E-state index in [9.17, 15) is 13.6 Å². The van der Waals surface area contributed by atoms with Crippen LogP contribution < -0.4 is 10.6 Å². The molecule has 0 bridgehead atoms. The first-order valence-electron chi connectivity index (χ1n) is 7.04. The summed E-state index contributed by atoms with van der Waals surface area (Å²) in [5, 5.41) is 6.00. The summed E-state index contributed by atoms with van der Waals surface area (Å²) in [6, 6.07) is 3.39. The van der Waals surface area contributed by atoms with Gasteiger partial charge in [0.05, 0.1) is 6.04 Å². The molecule has 0 saturated carbocycles. The Morgan fingerprint density at radius 1 is 1.43 bits per heavy atom. The number of nitrogens with one attached hydrogen (secondary N) is 2. The van der Waals surface area contributed by atoms with Crippen LogP contribution in [0.4, 0.5) is 8.78 Å². The number of piperidine rings is 1. The zero-order valence-electron chi connectivity index (χ0n) is 12.0. The van der Waals surface area contributed by atoms with Crippen molar-refractivity contribution >= 4 is 18.3 Å². The van der Waals surface area contributed by atoms with Crippen LogP contribution in [0.2, 0.25) is 0 Å². The molecule has 1 saturated heterocycles. The van der Waals surface area contributed by atoms with Gasteiger partial charge in [-0.3, -0.25) is 4.79 Å². The smallest absolute Gasteiger partial charge is 0.237 e. The van der Waals surface area contributed by atoms with Crippen LogP contribution >= 0.6 is 12.4 Å². The van der Waals surface area contributed by atoms with E-state index >= 15 is 0 Å². The molecule has 3 nitrogen and oxygen atoms in total. The van der Waals surface area contributed by atoms with Gasteiger partial charge in [0.15, 0.2) is 0 Å². The van der Waals surface area contributed by atoms with Gasteiger partial charge in [0, 0.05) is 18.5 Å². The quantitative estimate of drug-likeness (QED) is 0.896. The van der Waals surface area contributed by atoms with Gasteiger partial charge in [-0.2, -0.15) is 0 Å². The number of carbonyl (C=O) groups is 1. The largest absolute Gasteiger partial charge is 0.354 e. The van der Waals surface area contributed by atoms with Crippen LogP contribution in [-0.4, -0.2) is 25.0 Å². The SMILES string of the molecule is CC(CNC(=O)[C@@H]1CCCCN1)c1ccc(F)cc1F.Cl. The normalized spacial score (nSPS) is 19.5. The molecule has 1 aliphatic rings. The molecular weight excluding hydrogens is 298 g/mol. The molecule has 0 spiro atoms. The molecule has 1 heterocycles. The summed E-state index contributed by atoms with van der Waals surface area (Å²) >= 11 is 0. The van der Waals surface area contributed by atoms with Crippen LogP contribution in [0.25, 0.3) is 0 Å². The Kier molecular flexibility index (Phi) is 7.05. The van der Waals surface area contributed by atoms with Crippen LogP contribution in [0.5, 0.6) is 0 Å². The monoisotopic (exact) mass is 318 g/mol. The number of carbonyl (C=O) groups excluding carboxylic acids is 1. The van der Waals surface area contributed by atoms with Crippen LogP contribution in [0.1, 0.15) is 37.7 Å². The number of halogens is 3. The second kappa shape index (κ2) is 8.29. The van der Waals surface area contributed by atoms with E-state index in [1.165, 1.54) is 12.1 Å². The molecule has 1 amide bonds. The topological polar surface area (TPSA) is 41.1 Å². The van der Waals surface area contributed by atoms with Crippen molar-refractivity contribution in [3.63, 3.8) is 0 Å². The molecule has 0 aromatic heterocycles. The highest BCUT2D eigenvalue weighted by Gasteiger charge is 2.21. The molecule has 1 unspecified atom stereocenters. The maximum absolute atomic E-state index is 13.6. The van der Waals surface area contributed by atoms with E-state index < -0.39 is 11.6 Å². The Hall–Kier alpha value is -1.20. The Bertz CT molecular complexity index is 479. The van der Waals surface area contributed by atoms with Gasteiger partial charge in [-0.1, -0.05) is 19.4 Å². The summed E-state index contributed by atoms with van der Waals surface area (Å²) in [5.74, 6) is -1.39. The minimum absolute atomic E-state index is 0. The van der Waals surface area contributed by atoms with Crippen LogP contribution in [-0.2, 0) is 4.79 Å². The second-order valence-corrected chi connectivity index (χ2v) is 5.31. The average molecular weight is 319 g/mol. The van der Waals surface area contributed by atoms with Gasteiger partial charge in [0.25, 0.3) is 0 Å². The van der Waals surface area contributed by atoms with E-state index in [-0.39, 0.29) is 30.3 Å². The molecule has 118 valence electrons. The molecule has 0 radical (unpaired) electrons.